The number of halogens is 4. The van der Waals surface area contributed by atoms with E-state index in [1.54, 1.807) is 6.07 Å². The van der Waals surface area contributed by atoms with Crippen LogP contribution in [0.3, 0.4) is 0 Å². The summed E-state index contributed by atoms with van der Waals surface area (Å²) in [4.78, 5) is 20.8. The van der Waals surface area contributed by atoms with Gasteiger partial charge in [0, 0.05) is 17.8 Å². The number of pyridine rings is 2. The van der Waals surface area contributed by atoms with E-state index < -0.39 is 12.8 Å². The third-order valence-electron chi connectivity index (χ3n) is 4.91. The van der Waals surface area contributed by atoms with Crippen molar-refractivity contribution in [2.24, 2.45) is 0 Å². The second-order valence-corrected chi connectivity index (χ2v) is 9.35. The Bertz CT molecular complexity index is 1170. The van der Waals surface area contributed by atoms with Crippen molar-refractivity contribution in [3.05, 3.63) is 41.4 Å². The second kappa shape index (κ2) is 9.26. The van der Waals surface area contributed by atoms with E-state index in [-0.39, 0.29) is 39.7 Å². The van der Waals surface area contributed by atoms with Crippen LogP contribution < -0.4 is 14.8 Å². The molecule has 13 heteroatoms. The molecule has 4 rings (SSSR count). The van der Waals surface area contributed by atoms with Gasteiger partial charge in [0.2, 0.25) is 5.82 Å². The van der Waals surface area contributed by atoms with Crippen LogP contribution in [0.2, 0.25) is 5.02 Å². The van der Waals surface area contributed by atoms with Crippen LogP contribution in [0.25, 0.3) is 5.65 Å². The molecule has 0 saturated carbocycles. The zero-order valence-electron chi connectivity index (χ0n) is 17.4. The molecule has 1 aliphatic rings. The summed E-state index contributed by atoms with van der Waals surface area (Å²) in [6.45, 7) is 0.480. The van der Waals surface area contributed by atoms with Gasteiger partial charge in [-0.2, -0.15) is 24.9 Å². The van der Waals surface area contributed by atoms with Gasteiger partial charge in [0.15, 0.2) is 18.0 Å². The zero-order valence-corrected chi connectivity index (χ0v) is 18.9. The molecular formula is C20H19ClF3N5O3S. The average molecular weight is 502 g/mol. The van der Waals surface area contributed by atoms with Gasteiger partial charge in [0.05, 0.1) is 11.2 Å². The molecule has 0 spiro atoms. The molecular weight excluding hydrogens is 483 g/mol. The number of alkyl halides is 3. The molecule has 176 valence electrons. The van der Waals surface area contributed by atoms with Gasteiger partial charge in [0.1, 0.15) is 5.75 Å². The van der Waals surface area contributed by atoms with E-state index >= 15 is 0 Å². The highest BCUT2D eigenvalue weighted by Gasteiger charge is 2.31. The SMILES string of the molecule is CC1(NC(=O)c2nc3ccc(Oc4ncc(Cl)cc4OCC(F)(F)F)cn3n2)CCSCC1. The largest absolute Gasteiger partial charge is 0.478 e. The summed E-state index contributed by atoms with van der Waals surface area (Å²) in [7, 11) is 0. The van der Waals surface area contributed by atoms with Crippen molar-refractivity contribution in [1.82, 2.24) is 24.9 Å². The van der Waals surface area contributed by atoms with Crippen LogP contribution in [0, 0.1) is 0 Å². The fraction of sp³-hybridized carbons (Fsp3) is 0.400. The lowest BCUT2D eigenvalue weighted by Gasteiger charge is -2.33. The number of hydrogen-bond donors (Lipinski definition) is 1. The Kier molecular flexibility index (Phi) is 6.57. The van der Waals surface area contributed by atoms with Crippen molar-refractivity contribution in [2.45, 2.75) is 31.5 Å². The number of carbonyl (C=O) groups excluding carboxylic acids is 1. The Balaban J connectivity index is 1.52. The van der Waals surface area contributed by atoms with Crippen molar-refractivity contribution in [3.8, 4) is 17.4 Å². The molecule has 0 unspecified atom stereocenters. The Labute approximate surface area is 195 Å². The standard InChI is InChI=1S/C20H19ClF3N5O3S/c1-19(4-6-33-7-5-19)27-17(30)16-26-15-3-2-13(10-29(15)28-16)32-18-14(8-12(21)9-25-18)31-11-20(22,23)24/h2-3,8-10H,4-7,11H2,1H3,(H,27,30). The average Bonchev–Trinajstić information content (AvgIpc) is 3.17. The Hall–Kier alpha value is -2.73. The van der Waals surface area contributed by atoms with Gasteiger partial charge in [-0.3, -0.25) is 4.79 Å². The molecule has 1 amide bonds. The molecule has 8 nitrogen and oxygen atoms in total. The maximum Gasteiger partial charge on any atom is 0.422 e. The molecule has 33 heavy (non-hydrogen) atoms. The van der Waals surface area contributed by atoms with Gasteiger partial charge in [-0.25, -0.2) is 14.5 Å². The lowest BCUT2D eigenvalue weighted by molar-refractivity contribution is -0.153. The van der Waals surface area contributed by atoms with Crippen molar-refractivity contribution >= 4 is 34.9 Å². The summed E-state index contributed by atoms with van der Waals surface area (Å²) < 4.78 is 49.3. The normalized spacial score (nSPS) is 15.9. The summed E-state index contributed by atoms with van der Waals surface area (Å²) >= 11 is 7.67. The lowest BCUT2D eigenvalue weighted by Crippen LogP contribution is -2.48. The third kappa shape index (κ3) is 5.99. The molecule has 3 aromatic heterocycles. The molecule has 1 aliphatic heterocycles. The number of thioether (sulfide) groups is 1. The predicted octanol–water partition coefficient (Wildman–Crippen LogP) is 4.53. The van der Waals surface area contributed by atoms with E-state index in [1.165, 1.54) is 29.0 Å². The smallest absolute Gasteiger partial charge is 0.422 e. The monoisotopic (exact) mass is 501 g/mol. The number of hydrogen-bond acceptors (Lipinski definition) is 7. The molecule has 1 N–H and O–H groups in total. The van der Waals surface area contributed by atoms with Crippen molar-refractivity contribution in [3.63, 3.8) is 0 Å². The number of ether oxygens (including phenoxy) is 2. The molecule has 4 heterocycles. The predicted molar refractivity (Wildman–Crippen MR) is 116 cm³/mol. The van der Waals surface area contributed by atoms with Gasteiger partial charge >= 0.3 is 6.18 Å². The third-order valence-corrected chi connectivity index (χ3v) is 6.10. The molecule has 0 aromatic carbocycles. The lowest BCUT2D eigenvalue weighted by atomic mass is 9.95. The van der Waals surface area contributed by atoms with E-state index in [9.17, 15) is 18.0 Å². The van der Waals surface area contributed by atoms with Gasteiger partial charge < -0.3 is 14.8 Å². The first-order valence-electron chi connectivity index (χ1n) is 9.90. The highest BCUT2D eigenvalue weighted by Crippen LogP contribution is 2.33. The Morgan fingerprint density at radius 1 is 1.33 bits per heavy atom. The number of carbonyl (C=O) groups is 1. The van der Waals surface area contributed by atoms with Crippen LogP contribution in [0.1, 0.15) is 30.4 Å². The summed E-state index contributed by atoms with van der Waals surface area (Å²) in [5.74, 6) is 1.31. The Morgan fingerprint density at radius 3 is 2.82 bits per heavy atom. The molecule has 0 radical (unpaired) electrons. The minimum Gasteiger partial charge on any atom is -0.478 e. The van der Waals surface area contributed by atoms with E-state index in [0.717, 1.165) is 24.3 Å². The van der Waals surface area contributed by atoms with E-state index in [2.05, 4.69) is 20.4 Å². The van der Waals surface area contributed by atoms with Crippen LogP contribution in [0.15, 0.2) is 30.6 Å². The fourth-order valence-electron chi connectivity index (χ4n) is 3.16. The van der Waals surface area contributed by atoms with Crippen molar-refractivity contribution < 1.29 is 27.4 Å². The van der Waals surface area contributed by atoms with Crippen molar-refractivity contribution in [2.75, 3.05) is 18.1 Å². The first-order valence-corrected chi connectivity index (χ1v) is 11.4. The number of rotatable bonds is 6. The molecule has 1 saturated heterocycles. The van der Waals surface area contributed by atoms with Gasteiger partial charge in [-0.05, 0) is 43.4 Å². The number of amides is 1. The minimum absolute atomic E-state index is 0.00502. The topological polar surface area (TPSA) is 90.6 Å². The summed E-state index contributed by atoms with van der Waals surface area (Å²) in [6.07, 6.45) is -0.160. The second-order valence-electron chi connectivity index (χ2n) is 7.69. The molecule has 0 aliphatic carbocycles. The van der Waals surface area contributed by atoms with Gasteiger partial charge in [-0.15, -0.1) is 5.10 Å². The van der Waals surface area contributed by atoms with Crippen LogP contribution in [0.4, 0.5) is 13.2 Å². The van der Waals surface area contributed by atoms with Crippen LogP contribution in [0.5, 0.6) is 17.4 Å². The number of nitrogens with one attached hydrogen (secondary N) is 1. The van der Waals surface area contributed by atoms with E-state index in [0.29, 0.717) is 5.65 Å². The quantitative estimate of drug-likeness (QED) is 0.530. The zero-order chi connectivity index (χ0) is 23.6. The number of fused-ring (bicyclic) bond motifs is 1. The summed E-state index contributed by atoms with van der Waals surface area (Å²) in [6, 6.07) is 4.26. The van der Waals surface area contributed by atoms with Gasteiger partial charge in [-0.1, -0.05) is 11.6 Å². The molecule has 3 aromatic rings. The van der Waals surface area contributed by atoms with Crippen LogP contribution in [-0.4, -0.2) is 55.3 Å². The van der Waals surface area contributed by atoms with E-state index in [1.807, 2.05) is 18.7 Å². The first-order chi connectivity index (χ1) is 15.6. The molecule has 0 bridgehead atoms. The minimum atomic E-state index is -4.54. The maximum atomic E-state index is 12.7. The number of nitrogens with zero attached hydrogens (tertiary/aromatic N) is 4. The highest BCUT2D eigenvalue weighted by atomic mass is 35.5. The highest BCUT2D eigenvalue weighted by molar-refractivity contribution is 7.99. The fourth-order valence-corrected chi connectivity index (χ4v) is 4.70. The van der Waals surface area contributed by atoms with E-state index in [4.69, 9.17) is 21.1 Å². The molecule has 1 fully saturated rings. The number of aromatic nitrogens is 4. The van der Waals surface area contributed by atoms with Crippen LogP contribution in [-0.2, 0) is 0 Å². The Morgan fingerprint density at radius 2 is 2.09 bits per heavy atom. The maximum absolute atomic E-state index is 12.7. The van der Waals surface area contributed by atoms with Crippen molar-refractivity contribution in [1.29, 1.82) is 0 Å². The first kappa shape index (κ1) is 23.4. The van der Waals surface area contributed by atoms with Gasteiger partial charge in [0.25, 0.3) is 11.8 Å². The molecule has 0 atom stereocenters. The summed E-state index contributed by atoms with van der Waals surface area (Å²) in [5, 5.41) is 7.31. The van der Waals surface area contributed by atoms with Crippen LogP contribution >= 0.6 is 23.4 Å². The summed E-state index contributed by atoms with van der Waals surface area (Å²) in [5.41, 5.74) is 0.0932.